The van der Waals surface area contributed by atoms with Crippen molar-refractivity contribution in [2.24, 2.45) is 0 Å². The molecule has 1 aliphatic rings. The Balaban J connectivity index is 1.41. The minimum Gasteiger partial charge on any atom is -0.491 e. The molecule has 0 unspecified atom stereocenters. The first-order valence-electron chi connectivity index (χ1n) is 9.56. The number of carbonyl (C=O) groups is 1. The Morgan fingerprint density at radius 2 is 1.81 bits per heavy atom. The predicted octanol–water partition coefficient (Wildman–Crippen LogP) is 2.25. The monoisotopic (exact) mass is 368 g/mol. The van der Waals surface area contributed by atoms with E-state index in [-0.39, 0.29) is 12.5 Å². The van der Waals surface area contributed by atoms with Crippen LogP contribution < -0.4 is 10.1 Å². The zero-order chi connectivity index (χ0) is 19.0. The summed E-state index contributed by atoms with van der Waals surface area (Å²) in [5.41, 5.74) is 0.293. The molecule has 1 fully saturated rings. The third-order valence-corrected chi connectivity index (χ3v) is 4.83. The third-order valence-electron chi connectivity index (χ3n) is 4.83. The van der Waals surface area contributed by atoms with Crippen molar-refractivity contribution in [3.63, 3.8) is 0 Å². The Bertz CT molecular complexity index is 708. The molecule has 5 heteroatoms. The molecule has 2 N–H and O–H groups in total. The minimum absolute atomic E-state index is 0.000779. The molecule has 0 aromatic heterocycles. The third kappa shape index (κ3) is 6.38. The number of β-amino-alcohol motifs (C(OH)–C–C–N with tert-alkyl or cyclic N) is 1. The van der Waals surface area contributed by atoms with Crippen LogP contribution in [0.3, 0.4) is 0 Å². The van der Waals surface area contributed by atoms with Crippen LogP contribution >= 0.6 is 0 Å². The maximum atomic E-state index is 12.2. The molecule has 1 saturated heterocycles. The smallest absolute Gasteiger partial charge is 0.234 e. The standard InChI is InChI=1S/C22H28N2O3/c25-21(23-14-12-19-8-3-1-4-9-19)16-24-15-7-13-22(26,17-24)18-27-20-10-5-2-6-11-20/h1-6,8-11,26H,7,12-18H2,(H,23,25)/t22-/m0/s1. The van der Waals surface area contributed by atoms with E-state index in [0.29, 0.717) is 26.1 Å². The number of nitrogens with one attached hydrogen (secondary N) is 1. The number of piperidine rings is 1. The summed E-state index contributed by atoms with van der Waals surface area (Å²) in [6.45, 7) is 2.44. The van der Waals surface area contributed by atoms with E-state index in [9.17, 15) is 9.90 Å². The summed E-state index contributed by atoms with van der Waals surface area (Å²) < 4.78 is 5.74. The van der Waals surface area contributed by atoms with Gasteiger partial charge in [0.05, 0.1) is 6.54 Å². The molecular weight excluding hydrogens is 340 g/mol. The molecule has 0 radical (unpaired) electrons. The zero-order valence-electron chi connectivity index (χ0n) is 15.6. The van der Waals surface area contributed by atoms with Crippen molar-refractivity contribution in [3.05, 3.63) is 66.2 Å². The Morgan fingerprint density at radius 1 is 1.11 bits per heavy atom. The highest BCUT2D eigenvalue weighted by Crippen LogP contribution is 2.22. The number of hydrogen-bond acceptors (Lipinski definition) is 4. The van der Waals surface area contributed by atoms with Gasteiger partial charge in [-0.25, -0.2) is 0 Å². The Kier molecular flexibility index (Phi) is 6.85. The van der Waals surface area contributed by atoms with Gasteiger partial charge in [-0.3, -0.25) is 9.69 Å². The highest BCUT2D eigenvalue weighted by atomic mass is 16.5. The van der Waals surface area contributed by atoms with E-state index in [4.69, 9.17) is 4.74 Å². The van der Waals surface area contributed by atoms with Gasteiger partial charge in [0, 0.05) is 13.1 Å². The number of amides is 1. The number of ether oxygens (including phenoxy) is 1. The van der Waals surface area contributed by atoms with Crippen molar-refractivity contribution in [2.75, 3.05) is 32.8 Å². The lowest BCUT2D eigenvalue weighted by Crippen LogP contribution is -2.53. The summed E-state index contributed by atoms with van der Waals surface area (Å²) >= 11 is 0. The van der Waals surface area contributed by atoms with Gasteiger partial charge in [-0.2, -0.15) is 0 Å². The van der Waals surface area contributed by atoms with Gasteiger partial charge in [-0.1, -0.05) is 48.5 Å². The van der Waals surface area contributed by atoms with E-state index in [1.165, 1.54) is 5.56 Å². The zero-order valence-corrected chi connectivity index (χ0v) is 15.6. The van der Waals surface area contributed by atoms with Crippen LogP contribution in [-0.4, -0.2) is 54.3 Å². The molecule has 1 heterocycles. The van der Waals surface area contributed by atoms with Crippen molar-refractivity contribution in [2.45, 2.75) is 24.9 Å². The average Bonchev–Trinajstić information content (AvgIpc) is 2.68. The lowest BCUT2D eigenvalue weighted by Gasteiger charge is -2.38. The van der Waals surface area contributed by atoms with E-state index >= 15 is 0 Å². The van der Waals surface area contributed by atoms with Crippen LogP contribution in [0.5, 0.6) is 5.75 Å². The van der Waals surface area contributed by atoms with Crippen LogP contribution in [0, 0.1) is 0 Å². The van der Waals surface area contributed by atoms with Crippen LogP contribution in [0.25, 0.3) is 0 Å². The molecule has 0 saturated carbocycles. The van der Waals surface area contributed by atoms with E-state index in [1.54, 1.807) is 0 Å². The molecular formula is C22H28N2O3. The average molecular weight is 368 g/mol. The Morgan fingerprint density at radius 3 is 2.56 bits per heavy atom. The molecule has 3 rings (SSSR count). The topological polar surface area (TPSA) is 61.8 Å². The van der Waals surface area contributed by atoms with Gasteiger partial charge in [0.15, 0.2) is 0 Å². The van der Waals surface area contributed by atoms with Crippen molar-refractivity contribution in [1.29, 1.82) is 0 Å². The van der Waals surface area contributed by atoms with Gasteiger partial charge < -0.3 is 15.2 Å². The Labute approximate surface area is 161 Å². The highest BCUT2D eigenvalue weighted by Gasteiger charge is 2.34. The first-order chi connectivity index (χ1) is 13.1. The molecule has 144 valence electrons. The molecule has 5 nitrogen and oxygen atoms in total. The summed E-state index contributed by atoms with van der Waals surface area (Å²) in [6, 6.07) is 19.6. The molecule has 0 bridgehead atoms. The lowest BCUT2D eigenvalue weighted by molar-refractivity contribution is -0.124. The maximum Gasteiger partial charge on any atom is 0.234 e. The normalized spacial score (nSPS) is 20.2. The van der Waals surface area contributed by atoms with Crippen molar-refractivity contribution >= 4 is 5.91 Å². The molecule has 1 aliphatic heterocycles. The van der Waals surface area contributed by atoms with E-state index in [0.717, 1.165) is 25.1 Å². The van der Waals surface area contributed by atoms with Crippen molar-refractivity contribution < 1.29 is 14.6 Å². The quantitative estimate of drug-likeness (QED) is 0.750. The molecule has 2 aromatic carbocycles. The van der Waals surface area contributed by atoms with Crippen LogP contribution in [0.2, 0.25) is 0 Å². The second kappa shape index (κ2) is 9.53. The SMILES string of the molecule is O=C(CN1CCC[C@@](O)(COc2ccccc2)C1)NCCc1ccccc1. The summed E-state index contributed by atoms with van der Waals surface area (Å²) in [5.74, 6) is 0.751. The molecule has 1 atom stereocenters. The van der Waals surface area contributed by atoms with E-state index in [1.807, 2.05) is 53.4 Å². The number of hydrogen-bond donors (Lipinski definition) is 2. The molecule has 1 amide bonds. The number of aliphatic hydroxyl groups is 1. The van der Waals surface area contributed by atoms with Crippen molar-refractivity contribution in [3.8, 4) is 5.75 Å². The van der Waals surface area contributed by atoms with Gasteiger partial charge in [-0.05, 0) is 43.5 Å². The van der Waals surface area contributed by atoms with Crippen LogP contribution in [0.1, 0.15) is 18.4 Å². The number of nitrogens with zero attached hydrogens (tertiary/aromatic N) is 1. The number of para-hydroxylation sites is 1. The molecule has 0 aliphatic carbocycles. The van der Waals surface area contributed by atoms with Gasteiger partial charge in [0.2, 0.25) is 5.91 Å². The summed E-state index contributed by atoms with van der Waals surface area (Å²) in [6.07, 6.45) is 2.36. The van der Waals surface area contributed by atoms with Crippen LogP contribution in [-0.2, 0) is 11.2 Å². The van der Waals surface area contributed by atoms with E-state index < -0.39 is 5.60 Å². The summed E-state index contributed by atoms with van der Waals surface area (Å²) in [5, 5.41) is 13.8. The Hall–Kier alpha value is -2.37. The van der Waals surface area contributed by atoms with Gasteiger partial charge in [-0.15, -0.1) is 0 Å². The maximum absolute atomic E-state index is 12.2. The van der Waals surface area contributed by atoms with Crippen LogP contribution in [0.4, 0.5) is 0 Å². The lowest BCUT2D eigenvalue weighted by atomic mass is 9.93. The van der Waals surface area contributed by atoms with Gasteiger partial charge in [0.25, 0.3) is 0 Å². The van der Waals surface area contributed by atoms with Crippen LogP contribution in [0.15, 0.2) is 60.7 Å². The second-order valence-electron chi connectivity index (χ2n) is 7.23. The fraction of sp³-hybridized carbons (Fsp3) is 0.409. The molecule has 0 spiro atoms. The number of carbonyl (C=O) groups excluding carboxylic acids is 1. The number of likely N-dealkylation sites (tertiary alicyclic amines) is 1. The first kappa shape index (κ1) is 19.4. The fourth-order valence-electron chi connectivity index (χ4n) is 3.44. The highest BCUT2D eigenvalue weighted by molar-refractivity contribution is 5.78. The van der Waals surface area contributed by atoms with Gasteiger partial charge in [0.1, 0.15) is 18.0 Å². The number of benzene rings is 2. The van der Waals surface area contributed by atoms with Crippen molar-refractivity contribution in [1.82, 2.24) is 10.2 Å². The first-order valence-corrected chi connectivity index (χ1v) is 9.56. The summed E-state index contributed by atoms with van der Waals surface area (Å²) in [4.78, 5) is 14.2. The minimum atomic E-state index is -0.918. The van der Waals surface area contributed by atoms with E-state index in [2.05, 4.69) is 17.4 Å². The second-order valence-corrected chi connectivity index (χ2v) is 7.23. The van der Waals surface area contributed by atoms with Gasteiger partial charge >= 0.3 is 0 Å². The molecule has 27 heavy (non-hydrogen) atoms. The molecule has 2 aromatic rings. The number of rotatable bonds is 8. The fourth-order valence-corrected chi connectivity index (χ4v) is 3.44. The summed E-state index contributed by atoms with van der Waals surface area (Å²) in [7, 11) is 0. The largest absolute Gasteiger partial charge is 0.491 e. The predicted molar refractivity (Wildman–Crippen MR) is 106 cm³/mol.